The minimum Gasteiger partial charge on any atom is -0.313 e. The van der Waals surface area contributed by atoms with Gasteiger partial charge in [0.2, 0.25) is 0 Å². The first kappa shape index (κ1) is 15.9. The number of likely N-dealkylation sites (tertiary alicyclic amines) is 1. The highest BCUT2D eigenvalue weighted by atomic mass is 32.2. The fraction of sp³-hybridized carbons (Fsp3) is 0.647. The standard InChI is InChI=1S/C17H28N2S/c1-15(2)14-19-11-8-16(9-12-19)18-10-13-20-17-6-4-3-5-7-17/h3-7,15-16,18H,8-14H2,1-2H3. The van der Waals surface area contributed by atoms with Crippen molar-refractivity contribution in [3.63, 3.8) is 0 Å². The summed E-state index contributed by atoms with van der Waals surface area (Å²) in [5.41, 5.74) is 0. The molecule has 1 aromatic rings. The van der Waals surface area contributed by atoms with Gasteiger partial charge in [0.15, 0.2) is 0 Å². The first-order valence-electron chi connectivity index (χ1n) is 7.87. The van der Waals surface area contributed by atoms with E-state index in [1.54, 1.807) is 0 Å². The van der Waals surface area contributed by atoms with Crippen LogP contribution in [0, 0.1) is 5.92 Å². The van der Waals surface area contributed by atoms with E-state index in [0.29, 0.717) is 0 Å². The molecule has 1 saturated heterocycles. The van der Waals surface area contributed by atoms with Gasteiger partial charge in [0, 0.05) is 29.8 Å². The maximum atomic E-state index is 3.72. The van der Waals surface area contributed by atoms with Crippen molar-refractivity contribution < 1.29 is 0 Å². The molecule has 3 heteroatoms. The summed E-state index contributed by atoms with van der Waals surface area (Å²) in [6.45, 7) is 9.53. The Hall–Kier alpha value is -0.510. The summed E-state index contributed by atoms with van der Waals surface area (Å²) in [6.07, 6.45) is 2.62. The second-order valence-electron chi connectivity index (χ2n) is 6.08. The van der Waals surface area contributed by atoms with Gasteiger partial charge in [-0.05, 0) is 44.0 Å². The van der Waals surface area contributed by atoms with Crippen LogP contribution < -0.4 is 5.32 Å². The highest BCUT2D eigenvalue weighted by molar-refractivity contribution is 7.99. The first-order chi connectivity index (χ1) is 9.74. The van der Waals surface area contributed by atoms with Crippen molar-refractivity contribution in [3.05, 3.63) is 30.3 Å². The van der Waals surface area contributed by atoms with Gasteiger partial charge >= 0.3 is 0 Å². The number of nitrogens with zero attached hydrogens (tertiary/aromatic N) is 1. The molecule has 20 heavy (non-hydrogen) atoms. The Morgan fingerprint density at radius 2 is 1.90 bits per heavy atom. The Labute approximate surface area is 128 Å². The summed E-state index contributed by atoms with van der Waals surface area (Å²) in [4.78, 5) is 3.99. The molecule has 2 rings (SSSR count). The zero-order valence-corrected chi connectivity index (χ0v) is 13.7. The molecule has 0 saturated carbocycles. The van der Waals surface area contributed by atoms with Crippen molar-refractivity contribution in [1.82, 2.24) is 10.2 Å². The number of benzene rings is 1. The van der Waals surface area contributed by atoms with Crippen LogP contribution >= 0.6 is 11.8 Å². The molecule has 0 amide bonds. The molecule has 1 N–H and O–H groups in total. The number of hydrogen-bond donors (Lipinski definition) is 1. The van der Waals surface area contributed by atoms with Crippen LogP contribution in [0.3, 0.4) is 0 Å². The first-order valence-corrected chi connectivity index (χ1v) is 8.86. The van der Waals surface area contributed by atoms with E-state index in [2.05, 4.69) is 54.4 Å². The van der Waals surface area contributed by atoms with E-state index in [0.717, 1.165) is 24.3 Å². The van der Waals surface area contributed by atoms with Gasteiger partial charge in [-0.15, -0.1) is 11.8 Å². The molecule has 0 unspecified atom stereocenters. The average molecular weight is 292 g/mol. The van der Waals surface area contributed by atoms with Gasteiger partial charge in [-0.2, -0.15) is 0 Å². The van der Waals surface area contributed by atoms with E-state index in [1.165, 1.54) is 37.4 Å². The lowest BCUT2D eigenvalue weighted by Crippen LogP contribution is -2.44. The predicted octanol–water partition coefficient (Wildman–Crippen LogP) is 3.49. The third-order valence-electron chi connectivity index (χ3n) is 3.76. The number of thioether (sulfide) groups is 1. The summed E-state index contributed by atoms with van der Waals surface area (Å²) >= 11 is 1.95. The van der Waals surface area contributed by atoms with Crippen molar-refractivity contribution >= 4 is 11.8 Å². The van der Waals surface area contributed by atoms with Crippen LogP contribution in [0.4, 0.5) is 0 Å². The molecule has 1 aliphatic heterocycles. The SMILES string of the molecule is CC(C)CN1CCC(NCCSc2ccccc2)CC1. The monoisotopic (exact) mass is 292 g/mol. The molecule has 0 spiro atoms. The van der Waals surface area contributed by atoms with Crippen molar-refractivity contribution in [2.75, 3.05) is 31.9 Å². The van der Waals surface area contributed by atoms with Crippen LogP contribution in [-0.4, -0.2) is 42.9 Å². The van der Waals surface area contributed by atoms with E-state index in [-0.39, 0.29) is 0 Å². The molecule has 1 fully saturated rings. The summed E-state index contributed by atoms with van der Waals surface area (Å²) in [6, 6.07) is 11.4. The van der Waals surface area contributed by atoms with Crippen molar-refractivity contribution in [2.45, 2.75) is 37.6 Å². The van der Waals surface area contributed by atoms with Gasteiger partial charge in [-0.25, -0.2) is 0 Å². The molecular weight excluding hydrogens is 264 g/mol. The number of hydrogen-bond acceptors (Lipinski definition) is 3. The average Bonchev–Trinajstić information content (AvgIpc) is 2.46. The maximum Gasteiger partial charge on any atom is 0.0106 e. The minimum absolute atomic E-state index is 0.731. The van der Waals surface area contributed by atoms with E-state index in [1.807, 2.05) is 11.8 Å². The number of rotatable bonds is 7. The number of nitrogens with one attached hydrogen (secondary N) is 1. The zero-order chi connectivity index (χ0) is 14.2. The lowest BCUT2D eigenvalue weighted by Gasteiger charge is -2.33. The third-order valence-corrected chi connectivity index (χ3v) is 4.77. The fourth-order valence-corrected chi connectivity index (χ4v) is 3.59. The Kier molecular flexibility index (Phi) is 6.91. The third kappa shape index (κ3) is 5.86. The van der Waals surface area contributed by atoms with Crippen LogP contribution in [-0.2, 0) is 0 Å². The Bertz CT molecular complexity index is 359. The molecule has 1 heterocycles. The normalized spacial score (nSPS) is 17.8. The zero-order valence-electron chi connectivity index (χ0n) is 12.8. The van der Waals surface area contributed by atoms with E-state index >= 15 is 0 Å². The highest BCUT2D eigenvalue weighted by Gasteiger charge is 2.18. The van der Waals surface area contributed by atoms with Crippen LogP contribution in [0.1, 0.15) is 26.7 Å². The molecule has 0 aromatic heterocycles. The topological polar surface area (TPSA) is 15.3 Å². The van der Waals surface area contributed by atoms with Gasteiger partial charge < -0.3 is 10.2 Å². The largest absolute Gasteiger partial charge is 0.313 e. The van der Waals surface area contributed by atoms with Crippen molar-refractivity contribution in [3.8, 4) is 0 Å². The molecule has 0 radical (unpaired) electrons. The van der Waals surface area contributed by atoms with Crippen LogP contribution in [0.25, 0.3) is 0 Å². The Morgan fingerprint density at radius 3 is 2.55 bits per heavy atom. The van der Waals surface area contributed by atoms with Crippen LogP contribution in [0.2, 0.25) is 0 Å². The number of piperidine rings is 1. The molecule has 112 valence electrons. The van der Waals surface area contributed by atoms with Crippen LogP contribution in [0.15, 0.2) is 35.2 Å². The quantitative estimate of drug-likeness (QED) is 0.612. The maximum absolute atomic E-state index is 3.72. The van der Waals surface area contributed by atoms with E-state index in [4.69, 9.17) is 0 Å². The molecule has 0 atom stereocenters. The molecule has 0 bridgehead atoms. The van der Waals surface area contributed by atoms with Gasteiger partial charge in [-0.1, -0.05) is 32.0 Å². The minimum atomic E-state index is 0.731. The van der Waals surface area contributed by atoms with Gasteiger partial charge in [-0.3, -0.25) is 0 Å². The smallest absolute Gasteiger partial charge is 0.0106 e. The van der Waals surface area contributed by atoms with Crippen molar-refractivity contribution in [1.29, 1.82) is 0 Å². The summed E-state index contributed by atoms with van der Waals surface area (Å²) in [7, 11) is 0. The van der Waals surface area contributed by atoms with E-state index in [9.17, 15) is 0 Å². The summed E-state index contributed by atoms with van der Waals surface area (Å²) in [5.74, 6) is 1.96. The van der Waals surface area contributed by atoms with Crippen LogP contribution in [0.5, 0.6) is 0 Å². The molecule has 1 aromatic carbocycles. The van der Waals surface area contributed by atoms with Gasteiger partial charge in [0.1, 0.15) is 0 Å². The highest BCUT2D eigenvalue weighted by Crippen LogP contribution is 2.16. The molecule has 0 aliphatic carbocycles. The second kappa shape index (κ2) is 8.71. The lowest BCUT2D eigenvalue weighted by molar-refractivity contribution is 0.181. The summed E-state index contributed by atoms with van der Waals surface area (Å²) < 4.78 is 0. The molecule has 1 aliphatic rings. The van der Waals surface area contributed by atoms with Gasteiger partial charge in [0.05, 0.1) is 0 Å². The fourth-order valence-electron chi connectivity index (χ4n) is 2.78. The second-order valence-corrected chi connectivity index (χ2v) is 7.25. The lowest BCUT2D eigenvalue weighted by atomic mass is 10.0. The van der Waals surface area contributed by atoms with Crippen molar-refractivity contribution in [2.24, 2.45) is 5.92 Å². The summed E-state index contributed by atoms with van der Waals surface area (Å²) in [5, 5.41) is 3.72. The van der Waals surface area contributed by atoms with E-state index < -0.39 is 0 Å². The van der Waals surface area contributed by atoms with Gasteiger partial charge in [0.25, 0.3) is 0 Å². The molecular formula is C17H28N2S. The molecule has 2 nitrogen and oxygen atoms in total. The Morgan fingerprint density at radius 1 is 1.20 bits per heavy atom. The Balaban J connectivity index is 1.55. The predicted molar refractivity (Wildman–Crippen MR) is 89.5 cm³/mol.